The van der Waals surface area contributed by atoms with E-state index in [2.05, 4.69) is 10.2 Å². The fourth-order valence-corrected chi connectivity index (χ4v) is 1.96. The molecule has 0 aliphatic heterocycles. The highest BCUT2D eigenvalue weighted by atomic mass is 16.1. The van der Waals surface area contributed by atoms with Crippen LogP contribution in [0.4, 0.5) is 0 Å². The van der Waals surface area contributed by atoms with Crippen molar-refractivity contribution in [2.24, 2.45) is 7.05 Å². The molecule has 0 atom stereocenters. The third-order valence-electron chi connectivity index (χ3n) is 2.79. The van der Waals surface area contributed by atoms with Crippen molar-refractivity contribution < 1.29 is 0 Å². The van der Waals surface area contributed by atoms with Crippen LogP contribution in [-0.2, 0) is 7.05 Å². The molecule has 1 heterocycles. The van der Waals surface area contributed by atoms with Crippen LogP contribution < -0.4 is 5.43 Å². The predicted octanol–water partition coefficient (Wildman–Crippen LogP) is 0.682. The van der Waals surface area contributed by atoms with Crippen LogP contribution in [0, 0.1) is 63.2 Å². The van der Waals surface area contributed by atoms with Gasteiger partial charge in [-0.1, -0.05) is 0 Å². The molecular weight excluding hydrogens is 226 g/mol. The second kappa shape index (κ2) is 4.82. The van der Waals surface area contributed by atoms with Crippen molar-refractivity contribution in [2.45, 2.75) is 0 Å². The molecule has 0 aromatic carbocycles. The molecule has 2 aliphatic carbocycles. The molecule has 0 unspecified atom stereocenters. The summed E-state index contributed by atoms with van der Waals surface area (Å²) in [5.74, 6) is 1.65. The summed E-state index contributed by atoms with van der Waals surface area (Å²) in [6, 6.07) is 0. The second-order valence-corrected chi connectivity index (χ2v) is 4.06. The normalized spacial score (nSPS) is 21.8. The van der Waals surface area contributed by atoms with Crippen molar-refractivity contribution in [1.82, 2.24) is 15.0 Å². The summed E-state index contributed by atoms with van der Waals surface area (Å²) in [7, 11) is 1.72. The minimum atomic E-state index is -0.134. The van der Waals surface area contributed by atoms with Gasteiger partial charge in [0, 0.05) is 18.9 Å². The van der Waals surface area contributed by atoms with Gasteiger partial charge in [-0.15, -0.1) is 0 Å². The molecule has 2 aliphatic rings. The Labute approximate surface area is 107 Å². The molecule has 0 bridgehead atoms. The van der Waals surface area contributed by atoms with Gasteiger partial charge in [-0.25, -0.2) is 0 Å². The van der Waals surface area contributed by atoms with E-state index in [9.17, 15) is 4.79 Å². The first-order valence-corrected chi connectivity index (χ1v) is 5.65. The van der Waals surface area contributed by atoms with Crippen molar-refractivity contribution in [3.63, 3.8) is 0 Å². The zero-order valence-electron chi connectivity index (χ0n) is 9.87. The van der Waals surface area contributed by atoms with E-state index in [1.54, 1.807) is 7.05 Å². The van der Waals surface area contributed by atoms with Crippen LogP contribution in [-0.4, -0.2) is 15.0 Å². The van der Waals surface area contributed by atoms with Crippen LogP contribution in [0.25, 0.3) is 0 Å². The summed E-state index contributed by atoms with van der Waals surface area (Å²) in [5.41, 5.74) is 0.743. The van der Waals surface area contributed by atoms with Crippen molar-refractivity contribution in [3.8, 4) is 0 Å². The quantitative estimate of drug-likeness (QED) is 0.760. The first-order valence-electron chi connectivity index (χ1n) is 5.65. The Bertz CT molecular complexity index is 442. The maximum Gasteiger partial charge on any atom is 0.226 e. The second-order valence-electron chi connectivity index (χ2n) is 4.06. The van der Waals surface area contributed by atoms with E-state index in [0.29, 0.717) is 11.4 Å². The van der Waals surface area contributed by atoms with Gasteiger partial charge in [-0.05, 0) is 51.4 Å². The molecule has 4 heteroatoms. The van der Waals surface area contributed by atoms with E-state index < -0.39 is 0 Å². The number of aromatic nitrogens is 3. The molecule has 1 aromatic heterocycles. The lowest BCUT2D eigenvalue weighted by Gasteiger charge is -2.12. The van der Waals surface area contributed by atoms with Crippen LogP contribution in [0.2, 0.25) is 0 Å². The Hall–Kier alpha value is -1.19. The lowest BCUT2D eigenvalue weighted by Crippen LogP contribution is -2.28. The van der Waals surface area contributed by atoms with Crippen LogP contribution in [0.1, 0.15) is 11.4 Å². The molecule has 4 nitrogen and oxygen atoms in total. The van der Waals surface area contributed by atoms with Gasteiger partial charge in [0.05, 0.1) is 0 Å². The summed E-state index contributed by atoms with van der Waals surface area (Å²) < 4.78 is 0. The minimum Gasteiger partial charge on any atom is -0.286 e. The van der Waals surface area contributed by atoms with Crippen LogP contribution in [0.3, 0.4) is 0 Å². The third-order valence-corrected chi connectivity index (χ3v) is 2.79. The number of nitrogens with zero attached hydrogens (tertiary/aromatic N) is 3. The van der Waals surface area contributed by atoms with Gasteiger partial charge in [0.2, 0.25) is 5.43 Å². The fourth-order valence-electron chi connectivity index (χ4n) is 1.96. The Kier molecular flexibility index (Phi) is 3.18. The average molecular weight is 237 g/mol. The average Bonchev–Trinajstić information content (AvgIpc) is 3.02. The summed E-state index contributed by atoms with van der Waals surface area (Å²) >= 11 is 0. The molecule has 18 heavy (non-hydrogen) atoms. The highest BCUT2D eigenvalue weighted by Crippen LogP contribution is 2.29. The van der Waals surface area contributed by atoms with Gasteiger partial charge in [-0.3, -0.25) is 4.79 Å². The molecule has 0 spiro atoms. The summed E-state index contributed by atoms with van der Waals surface area (Å²) in [4.78, 5) is 13.8. The minimum absolute atomic E-state index is 0.134. The zero-order chi connectivity index (χ0) is 12.5. The Morgan fingerprint density at radius 3 is 1.61 bits per heavy atom. The molecule has 1 aromatic rings. The molecule has 0 N–H and O–H groups in total. The zero-order valence-corrected chi connectivity index (χ0v) is 9.87. The molecule has 0 saturated heterocycles. The number of hydrogen-bond acceptors (Lipinski definition) is 3. The van der Waals surface area contributed by atoms with Crippen LogP contribution in [0.15, 0.2) is 4.79 Å². The largest absolute Gasteiger partial charge is 0.286 e. The maximum absolute atomic E-state index is 12.4. The highest BCUT2D eigenvalue weighted by Gasteiger charge is 2.29. The molecule has 3 rings (SSSR count). The summed E-state index contributed by atoms with van der Waals surface area (Å²) in [6.45, 7) is 0. The van der Waals surface area contributed by atoms with Crippen molar-refractivity contribution in [1.29, 1.82) is 0 Å². The predicted molar refractivity (Wildman–Crippen MR) is 66.4 cm³/mol. The Balaban J connectivity index is 2.01. The molecule has 88 valence electrons. The Morgan fingerprint density at radius 2 is 1.22 bits per heavy atom. The van der Waals surface area contributed by atoms with E-state index in [1.807, 2.05) is 51.4 Å². The van der Waals surface area contributed by atoms with E-state index >= 15 is 0 Å². The van der Waals surface area contributed by atoms with Crippen molar-refractivity contribution >= 4 is 0 Å². The molecular formula is C14H11N3O. The Morgan fingerprint density at radius 1 is 0.833 bits per heavy atom. The number of hydrogen-bond donors (Lipinski definition) is 0. The van der Waals surface area contributed by atoms with Crippen molar-refractivity contribution in [2.75, 3.05) is 0 Å². The lowest BCUT2D eigenvalue weighted by atomic mass is 9.98. The van der Waals surface area contributed by atoms with Gasteiger partial charge in [0.15, 0.2) is 0 Å². The lowest BCUT2D eigenvalue weighted by molar-refractivity contribution is 0.587. The summed E-state index contributed by atoms with van der Waals surface area (Å²) in [5, 5.41) is 8.36. The topological polar surface area (TPSA) is 47.8 Å². The van der Waals surface area contributed by atoms with Gasteiger partial charge < -0.3 is 0 Å². The maximum atomic E-state index is 12.4. The van der Waals surface area contributed by atoms with Crippen molar-refractivity contribution in [3.05, 3.63) is 84.8 Å². The monoisotopic (exact) mass is 237 g/mol. The van der Waals surface area contributed by atoms with E-state index in [1.165, 1.54) is 4.80 Å². The van der Waals surface area contributed by atoms with Gasteiger partial charge in [0.25, 0.3) is 0 Å². The SMILES string of the molecule is Cn1nc([C]2[CH][CH][CH][CH]2)c(=O)c([C]2[CH][CH][CH][CH]2)n1. The molecule has 0 amide bonds. The third kappa shape index (κ3) is 2.08. The van der Waals surface area contributed by atoms with Gasteiger partial charge >= 0.3 is 0 Å². The highest BCUT2D eigenvalue weighted by molar-refractivity contribution is 5.51. The number of rotatable bonds is 2. The van der Waals surface area contributed by atoms with E-state index in [4.69, 9.17) is 0 Å². The standard InChI is InChI=1S/C14H11N3O/c1-17-15-12(10-6-2-3-7-10)14(18)13(16-17)11-8-4-5-9-11/h2-9H,1H3. The van der Waals surface area contributed by atoms with Crippen LogP contribution in [0.5, 0.6) is 0 Å². The molecule has 2 fully saturated rings. The van der Waals surface area contributed by atoms with E-state index in [-0.39, 0.29) is 5.43 Å². The molecule has 10 radical (unpaired) electrons. The first kappa shape index (κ1) is 11.9. The van der Waals surface area contributed by atoms with Gasteiger partial charge in [0.1, 0.15) is 11.4 Å². The number of aryl methyl sites for hydroxylation is 1. The smallest absolute Gasteiger partial charge is 0.226 e. The van der Waals surface area contributed by atoms with Gasteiger partial charge in [-0.2, -0.15) is 15.0 Å². The van der Waals surface area contributed by atoms with Crippen LogP contribution >= 0.6 is 0 Å². The van der Waals surface area contributed by atoms with E-state index in [0.717, 1.165) is 11.8 Å². The first-order chi connectivity index (χ1) is 8.75. The molecule has 2 saturated carbocycles. The summed E-state index contributed by atoms with van der Waals surface area (Å²) in [6.07, 6.45) is 15.0. The fraction of sp³-hybridized carbons (Fsp3) is 0.0714.